The first kappa shape index (κ1) is 16.0. The average molecular weight is 293 g/mol. The first-order chi connectivity index (χ1) is 10.9. The third-order valence-electron chi connectivity index (χ3n) is 3.31. The molecule has 1 heterocycles. The topological polar surface area (TPSA) is 54.7 Å². The van der Waals surface area contributed by atoms with Crippen molar-refractivity contribution in [1.82, 2.24) is 9.97 Å². The number of nitrogens with two attached hydrogens (primary N) is 1. The van der Waals surface area contributed by atoms with Crippen molar-refractivity contribution in [3.63, 3.8) is 0 Å². The summed E-state index contributed by atoms with van der Waals surface area (Å²) >= 11 is 0. The molecule has 2 aromatic carbocycles. The number of nitrogens with zero attached hydrogens (tertiary/aromatic N) is 1. The molecular formula is C19H23N3. The number of rotatable bonds is 4. The lowest BCUT2D eigenvalue weighted by Crippen LogP contribution is -1.95. The van der Waals surface area contributed by atoms with Crippen LogP contribution in [0.2, 0.25) is 0 Å². The lowest BCUT2D eigenvalue weighted by atomic mass is 10.1. The Balaban J connectivity index is 0.000000309. The highest BCUT2D eigenvalue weighted by molar-refractivity contribution is 5.77. The van der Waals surface area contributed by atoms with Crippen molar-refractivity contribution >= 4 is 0 Å². The van der Waals surface area contributed by atoms with Crippen LogP contribution < -0.4 is 5.73 Å². The fourth-order valence-corrected chi connectivity index (χ4v) is 2.14. The van der Waals surface area contributed by atoms with Crippen molar-refractivity contribution < 1.29 is 0 Å². The Hall–Kier alpha value is -2.39. The van der Waals surface area contributed by atoms with E-state index in [0.29, 0.717) is 0 Å². The van der Waals surface area contributed by atoms with Crippen LogP contribution in [0.1, 0.15) is 19.8 Å². The minimum absolute atomic E-state index is 0.844. The van der Waals surface area contributed by atoms with E-state index in [-0.39, 0.29) is 0 Å². The maximum atomic E-state index is 5.14. The zero-order valence-corrected chi connectivity index (χ0v) is 13.0. The standard InChI is InChI=1S/C15H12N2.C4H11N/c1-3-7-12(8-4-1)14-15(17-11-16-14)13-9-5-2-6-10-13;1-2-3-4-5/h1-11H,(H,16,17);2-5H2,1H3. The lowest BCUT2D eigenvalue weighted by Gasteiger charge is -2.02. The minimum Gasteiger partial charge on any atom is -0.344 e. The normalized spacial score (nSPS) is 9.91. The monoisotopic (exact) mass is 293 g/mol. The lowest BCUT2D eigenvalue weighted by molar-refractivity contribution is 0.807. The predicted octanol–water partition coefficient (Wildman–Crippen LogP) is 4.49. The quantitative estimate of drug-likeness (QED) is 0.744. The van der Waals surface area contributed by atoms with Crippen molar-refractivity contribution in [2.75, 3.05) is 6.54 Å². The molecule has 0 fully saturated rings. The number of unbranched alkanes of at least 4 members (excludes halogenated alkanes) is 1. The van der Waals surface area contributed by atoms with Crippen LogP contribution in [0, 0.1) is 0 Å². The molecule has 3 rings (SSSR count). The van der Waals surface area contributed by atoms with Crippen LogP contribution in [0.15, 0.2) is 67.0 Å². The van der Waals surface area contributed by atoms with Gasteiger partial charge in [0.1, 0.15) is 0 Å². The summed E-state index contributed by atoms with van der Waals surface area (Å²) in [6.45, 7) is 2.98. The Morgan fingerprint density at radius 2 is 1.50 bits per heavy atom. The number of nitrogens with one attached hydrogen (secondary N) is 1. The molecule has 0 aliphatic heterocycles. The molecule has 0 saturated heterocycles. The van der Waals surface area contributed by atoms with Crippen molar-refractivity contribution in [1.29, 1.82) is 0 Å². The maximum absolute atomic E-state index is 5.14. The van der Waals surface area contributed by atoms with Gasteiger partial charge in [-0.25, -0.2) is 4.98 Å². The van der Waals surface area contributed by atoms with Gasteiger partial charge < -0.3 is 10.7 Å². The molecule has 0 spiro atoms. The van der Waals surface area contributed by atoms with Crippen LogP contribution in [-0.4, -0.2) is 16.5 Å². The molecule has 0 radical (unpaired) electrons. The molecule has 3 nitrogen and oxygen atoms in total. The van der Waals surface area contributed by atoms with E-state index in [9.17, 15) is 0 Å². The third-order valence-corrected chi connectivity index (χ3v) is 3.31. The number of benzene rings is 2. The van der Waals surface area contributed by atoms with E-state index in [2.05, 4.69) is 41.2 Å². The highest BCUT2D eigenvalue weighted by Gasteiger charge is 2.08. The highest BCUT2D eigenvalue weighted by atomic mass is 14.9. The van der Waals surface area contributed by atoms with Crippen LogP contribution >= 0.6 is 0 Å². The Labute approximate surface area is 132 Å². The van der Waals surface area contributed by atoms with Crippen molar-refractivity contribution in [2.45, 2.75) is 19.8 Å². The number of H-pyrrole nitrogens is 1. The SMILES string of the molecule is CCCCN.c1ccc(-c2nc[nH]c2-c2ccccc2)cc1. The molecule has 0 amide bonds. The van der Waals surface area contributed by atoms with E-state index in [1.807, 2.05) is 36.4 Å². The van der Waals surface area contributed by atoms with Gasteiger partial charge in [0.2, 0.25) is 0 Å². The minimum atomic E-state index is 0.844. The van der Waals surface area contributed by atoms with Gasteiger partial charge in [-0.15, -0.1) is 0 Å². The molecule has 0 aliphatic carbocycles. The van der Waals surface area contributed by atoms with Gasteiger partial charge in [0.05, 0.1) is 17.7 Å². The van der Waals surface area contributed by atoms with Crippen molar-refractivity contribution in [2.24, 2.45) is 5.73 Å². The summed E-state index contributed by atoms with van der Waals surface area (Å²) in [6.07, 6.45) is 4.13. The van der Waals surface area contributed by atoms with Gasteiger partial charge in [0.25, 0.3) is 0 Å². The van der Waals surface area contributed by atoms with E-state index in [0.717, 1.165) is 29.1 Å². The third kappa shape index (κ3) is 4.30. The molecule has 22 heavy (non-hydrogen) atoms. The van der Waals surface area contributed by atoms with Gasteiger partial charge in [-0.1, -0.05) is 74.0 Å². The first-order valence-corrected chi connectivity index (χ1v) is 7.71. The number of aromatic amines is 1. The van der Waals surface area contributed by atoms with E-state index >= 15 is 0 Å². The van der Waals surface area contributed by atoms with Gasteiger partial charge in [-0.3, -0.25) is 0 Å². The summed E-state index contributed by atoms with van der Waals surface area (Å²) in [6, 6.07) is 20.5. The molecule has 114 valence electrons. The second-order valence-electron chi connectivity index (χ2n) is 5.00. The van der Waals surface area contributed by atoms with E-state index in [1.165, 1.54) is 12.8 Å². The molecule has 0 saturated carbocycles. The Bertz CT molecular complexity index is 589. The second kappa shape index (κ2) is 8.80. The van der Waals surface area contributed by atoms with Crippen molar-refractivity contribution in [3.8, 4) is 22.5 Å². The van der Waals surface area contributed by atoms with Crippen molar-refractivity contribution in [3.05, 3.63) is 67.0 Å². The summed E-state index contributed by atoms with van der Waals surface area (Å²) in [5, 5.41) is 0. The van der Waals surface area contributed by atoms with Crippen LogP contribution in [0.25, 0.3) is 22.5 Å². The molecule has 0 atom stereocenters. The van der Waals surface area contributed by atoms with E-state index < -0.39 is 0 Å². The zero-order chi connectivity index (χ0) is 15.6. The number of hydrogen-bond donors (Lipinski definition) is 2. The Kier molecular flexibility index (Phi) is 6.39. The molecular weight excluding hydrogens is 270 g/mol. The van der Waals surface area contributed by atoms with Crippen LogP contribution in [0.3, 0.4) is 0 Å². The molecule has 0 aliphatic rings. The maximum Gasteiger partial charge on any atom is 0.0960 e. The van der Waals surface area contributed by atoms with E-state index in [4.69, 9.17) is 5.73 Å². The Morgan fingerprint density at radius 3 is 2.00 bits per heavy atom. The smallest absolute Gasteiger partial charge is 0.0960 e. The second-order valence-corrected chi connectivity index (χ2v) is 5.00. The van der Waals surface area contributed by atoms with Crippen LogP contribution in [0.5, 0.6) is 0 Å². The molecule has 0 unspecified atom stereocenters. The summed E-state index contributed by atoms with van der Waals surface area (Å²) < 4.78 is 0. The van der Waals surface area contributed by atoms with Gasteiger partial charge >= 0.3 is 0 Å². The van der Waals surface area contributed by atoms with Gasteiger partial charge in [0.15, 0.2) is 0 Å². The molecule has 3 aromatic rings. The van der Waals surface area contributed by atoms with Crippen LogP contribution in [0.4, 0.5) is 0 Å². The largest absolute Gasteiger partial charge is 0.344 e. The highest BCUT2D eigenvalue weighted by Crippen LogP contribution is 2.28. The fourth-order valence-electron chi connectivity index (χ4n) is 2.14. The number of aromatic nitrogens is 2. The fraction of sp³-hybridized carbons (Fsp3) is 0.211. The molecule has 3 heteroatoms. The Morgan fingerprint density at radius 1 is 0.909 bits per heavy atom. The number of imidazole rings is 1. The molecule has 1 aromatic heterocycles. The van der Waals surface area contributed by atoms with Gasteiger partial charge in [-0.2, -0.15) is 0 Å². The van der Waals surface area contributed by atoms with Gasteiger partial charge in [0, 0.05) is 11.1 Å². The first-order valence-electron chi connectivity index (χ1n) is 7.71. The van der Waals surface area contributed by atoms with Crippen LogP contribution in [-0.2, 0) is 0 Å². The summed E-state index contributed by atoms with van der Waals surface area (Å²) in [5.41, 5.74) is 9.49. The summed E-state index contributed by atoms with van der Waals surface area (Å²) in [7, 11) is 0. The molecule has 3 N–H and O–H groups in total. The summed E-state index contributed by atoms with van der Waals surface area (Å²) in [5.74, 6) is 0. The average Bonchev–Trinajstić information content (AvgIpc) is 3.07. The predicted molar refractivity (Wildman–Crippen MR) is 93.4 cm³/mol. The molecule has 0 bridgehead atoms. The van der Waals surface area contributed by atoms with E-state index in [1.54, 1.807) is 6.33 Å². The number of hydrogen-bond acceptors (Lipinski definition) is 2. The summed E-state index contributed by atoms with van der Waals surface area (Å²) in [4.78, 5) is 7.62. The zero-order valence-electron chi connectivity index (χ0n) is 13.0. The van der Waals surface area contributed by atoms with Gasteiger partial charge in [-0.05, 0) is 13.0 Å².